The van der Waals surface area contributed by atoms with Crippen molar-refractivity contribution in [3.8, 4) is 5.75 Å². The summed E-state index contributed by atoms with van der Waals surface area (Å²) in [5, 5.41) is 14.4. The van der Waals surface area contributed by atoms with Gasteiger partial charge in [-0.05, 0) is 18.2 Å². The van der Waals surface area contributed by atoms with Crippen molar-refractivity contribution in [2.45, 2.75) is 6.54 Å². The van der Waals surface area contributed by atoms with Crippen LogP contribution in [0.3, 0.4) is 0 Å². The Balaban J connectivity index is 0.00000192. The molecule has 0 unspecified atom stereocenters. The number of aromatic hydroxyl groups is 1. The Kier molecular flexibility index (Phi) is 5.03. The Bertz CT molecular complexity index is 838. The van der Waals surface area contributed by atoms with Gasteiger partial charge >= 0.3 is 0 Å². The summed E-state index contributed by atoms with van der Waals surface area (Å²) in [6.45, 7) is 0.176. The quantitative estimate of drug-likeness (QED) is 0.330. The first kappa shape index (κ1) is 16.6. The smallest absolute Gasteiger partial charge is 0.290 e. The van der Waals surface area contributed by atoms with E-state index in [-0.39, 0.29) is 30.6 Å². The summed E-state index contributed by atoms with van der Waals surface area (Å²) in [6.07, 6.45) is 3.61. The molecule has 0 aliphatic heterocycles. The molecule has 0 fully saturated rings. The summed E-state index contributed by atoms with van der Waals surface area (Å²) < 4.78 is 1.76. The monoisotopic (exact) mass is 329 g/mol. The van der Waals surface area contributed by atoms with Crippen molar-refractivity contribution < 1.29 is 26.9 Å². The molecule has 0 aliphatic rings. The fourth-order valence-electron chi connectivity index (χ4n) is 2.36. The van der Waals surface area contributed by atoms with Crippen molar-refractivity contribution in [3.05, 3.63) is 60.9 Å². The summed E-state index contributed by atoms with van der Waals surface area (Å²) in [5.41, 5.74) is 6.84. The highest BCUT2D eigenvalue weighted by Crippen LogP contribution is 2.34. The van der Waals surface area contributed by atoms with Crippen molar-refractivity contribution in [1.29, 1.82) is 0 Å². The minimum atomic E-state index is -0.213. The number of fused-ring (bicyclic) bond motifs is 1. The minimum absolute atomic E-state index is 0. The molecule has 0 atom stereocenters. The molecule has 3 aromatic rings. The van der Waals surface area contributed by atoms with Crippen LogP contribution >= 0.6 is 0 Å². The van der Waals surface area contributed by atoms with E-state index in [0.717, 1.165) is 5.39 Å². The lowest BCUT2D eigenvalue weighted by Gasteiger charge is -2.10. The van der Waals surface area contributed by atoms with Gasteiger partial charge in [-0.3, -0.25) is 4.79 Å². The molecule has 2 aromatic carbocycles. The normalized spacial score (nSPS) is 10.1. The molecule has 0 saturated heterocycles. The van der Waals surface area contributed by atoms with E-state index in [9.17, 15) is 9.90 Å². The fourth-order valence-corrected chi connectivity index (χ4v) is 2.36. The number of rotatable bonds is 3. The zero-order valence-corrected chi connectivity index (χ0v) is 13.0. The maximum Gasteiger partial charge on any atom is 0.290 e. The Morgan fingerprint density at radius 2 is 1.78 bits per heavy atom. The maximum absolute atomic E-state index is 12.1. The SMILES string of the molecule is Nc1cccc2c(O)c(NC(=O)C[n+]3ccccc3)ccc12.[Cl-]. The van der Waals surface area contributed by atoms with Gasteiger partial charge in [-0.15, -0.1) is 0 Å². The number of pyridine rings is 1. The number of amides is 1. The molecule has 5 nitrogen and oxygen atoms in total. The second kappa shape index (κ2) is 6.98. The van der Waals surface area contributed by atoms with Gasteiger partial charge in [0.05, 0.1) is 5.69 Å². The van der Waals surface area contributed by atoms with E-state index in [1.165, 1.54) is 0 Å². The average Bonchev–Trinajstić information content (AvgIpc) is 2.52. The molecule has 6 heteroatoms. The van der Waals surface area contributed by atoms with Crippen molar-refractivity contribution in [2.24, 2.45) is 0 Å². The van der Waals surface area contributed by atoms with Gasteiger partial charge in [0.2, 0.25) is 6.54 Å². The summed E-state index contributed by atoms with van der Waals surface area (Å²) in [7, 11) is 0. The van der Waals surface area contributed by atoms with Gasteiger partial charge in [0.25, 0.3) is 5.91 Å². The number of anilines is 2. The Labute approximate surface area is 139 Å². The number of carbonyl (C=O) groups excluding carboxylic acids is 1. The third-order valence-electron chi connectivity index (χ3n) is 3.44. The first-order valence-electron chi connectivity index (χ1n) is 6.89. The Morgan fingerprint density at radius 3 is 2.52 bits per heavy atom. The van der Waals surface area contributed by atoms with Crippen molar-refractivity contribution in [2.75, 3.05) is 11.1 Å². The van der Waals surface area contributed by atoms with Crippen LogP contribution in [0.5, 0.6) is 5.75 Å². The second-order valence-corrected chi connectivity index (χ2v) is 5.00. The van der Waals surface area contributed by atoms with E-state index in [0.29, 0.717) is 16.8 Å². The molecule has 0 saturated carbocycles. The van der Waals surface area contributed by atoms with Crippen LogP contribution in [0.2, 0.25) is 0 Å². The summed E-state index contributed by atoms with van der Waals surface area (Å²) in [5.74, 6) is -0.189. The predicted molar refractivity (Wildman–Crippen MR) is 85.3 cm³/mol. The predicted octanol–water partition coefficient (Wildman–Crippen LogP) is -0.942. The number of hydrogen-bond acceptors (Lipinski definition) is 3. The highest BCUT2D eigenvalue weighted by atomic mass is 35.5. The lowest BCUT2D eigenvalue weighted by atomic mass is 10.1. The fraction of sp³-hybridized carbons (Fsp3) is 0.0588. The van der Waals surface area contributed by atoms with Crippen LogP contribution in [-0.4, -0.2) is 11.0 Å². The highest BCUT2D eigenvalue weighted by Gasteiger charge is 2.13. The summed E-state index contributed by atoms with van der Waals surface area (Å²) in [4.78, 5) is 12.1. The third-order valence-corrected chi connectivity index (χ3v) is 3.44. The zero-order valence-electron chi connectivity index (χ0n) is 12.2. The molecule has 1 aromatic heterocycles. The molecule has 3 rings (SSSR count). The van der Waals surface area contributed by atoms with E-state index in [4.69, 9.17) is 5.73 Å². The number of aromatic nitrogens is 1. The van der Waals surface area contributed by atoms with E-state index < -0.39 is 0 Å². The first-order chi connectivity index (χ1) is 10.6. The van der Waals surface area contributed by atoms with Gasteiger partial charge in [-0.1, -0.05) is 18.2 Å². The number of carbonyl (C=O) groups is 1. The molecule has 23 heavy (non-hydrogen) atoms. The third kappa shape index (κ3) is 3.52. The van der Waals surface area contributed by atoms with Crippen LogP contribution in [0.15, 0.2) is 60.9 Å². The van der Waals surface area contributed by atoms with E-state index in [1.807, 2.05) is 18.2 Å². The largest absolute Gasteiger partial charge is 1.00 e. The molecule has 0 aliphatic carbocycles. The first-order valence-corrected chi connectivity index (χ1v) is 6.89. The van der Waals surface area contributed by atoms with Gasteiger partial charge < -0.3 is 28.6 Å². The standard InChI is InChI=1S/C17H15N3O2.ClH/c18-14-6-4-5-13-12(14)7-8-15(17(13)22)19-16(21)11-20-9-2-1-3-10-20;/h1-10H,11,18H2,(H-,19,21,22);1H. The summed E-state index contributed by atoms with van der Waals surface area (Å²) in [6, 6.07) is 14.3. The van der Waals surface area contributed by atoms with E-state index in [2.05, 4.69) is 5.32 Å². The van der Waals surface area contributed by atoms with Crippen LogP contribution < -0.4 is 28.0 Å². The Hall–Kier alpha value is -2.79. The minimum Gasteiger partial charge on any atom is -1.00 e. The van der Waals surface area contributed by atoms with Crippen LogP contribution in [-0.2, 0) is 11.3 Å². The lowest BCUT2D eigenvalue weighted by molar-refractivity contribution is -0.684. The van der Waals surface area contributed by atoms with Gasteiger partial charge in [0, 0.05) is 28.6 Å². The number of benzene rings is 2. The topological polar surface area (TPSA) is 79.2 Å². The highest BCUT2D eigenvalue weighted by molar-refractivity contribution is 6.02. The van der Waals surface area contributed by atoms with Crippen LogP contribution in [0.1, 0.15) is 0 Å². The van der Waals surface area contributed by atoms with Crippen molar-refractivity contribution in [1.82, 2.24) is 0 Å². The van der Waals surface area contributed by atoms with E-state index >= 15 is 0 Å². The maximum atomic E-state index is 12.1. The molecule has 1 heterocycles. The number of phenols is 1. The average molecular weight is 330 g/mol. The molecule has 0 radical (unpaired) electrons. The number of nitrogens with two attached hydrogens (primary N) is 1. The molecule has 0 spiro atoms. The van der Waals surface area contributed by atoms with Crippen molar-refractivity contribution >= 4 is 28.1 Å². The van der Waals surface area contributed by atoms with E-state index in [1.54, 1.807) is 47.3 Å². The number of phenolic OH excluding ortho intramolecular Hbond substituents is 1. The van der Waals surface area contributed by atoms with Gasteiger partial charge in [0.1, 0.15) is 5.75 Å². The molecular weight excluding hydrogens is 314 g/mol. The van der Waals surface area contributed by atoms with Crippen LogP contribution in [0.25, 0.3) is 10.8 Å². The van der Waals surface area contributed by atoms with Crippen LogP contribution in [0.4, 0.5) is 11.4 Å². The second-order valence-electron chi connectivity index (χ2n) is 5.00. The molecule has 118 valence electrons. The number of halogens is 1. The number of nitrogens with one attached hydrogen (secondary N) is 1. The van der Waals surface area contributed by atoms with Gasteiger partial charge in [0.15, 0.2) is 12.4 Å². The van der Waals surface area contributed by atoms with Crippen LogP contribution in [0, 0.1) is 0 Å². The lowest BCUT2D eigenvalue weighted by Crippen LogP contribution is -3.00. The van der Waals surface area contributed by atoms with Crippen molar-refractivity contribution in [3.63, 3.8) is 0 Å². The molecule has 1 amide bonds. The van der Waals surface area contributed by atoms with Gasteiger partial charge in [-0.25, -0.2) is 0 Å². The summed E-state index contributed by atoms with van der Waals surface area (Å²) >= 11 is 0. The number of nitrogen functional groups attached to an aromatic ring is 1. The molecular formula is C17H16ClN3O2. The number of hydrogen-bond donors (Lipinski definition) is 3. The number of nitrogens with zero attached hydrogens (tertiary/aromatic N) is 1. The molecule has 4 N–H and O–H groups in total. The Morgan fingerprint density at radius 1 is 1.04 bits per heavy atom. The van der Waals surface area contributed by atoms with Gasteiger partial charge in [-0.2, -0.15) is 4.57 Å². The zero-order chi connectivity index (χ0) is 15.5. The molecule has 0 bridgehead atoms.